The van der Waals surface area contributed by atoms with Crippen molar-refractivity contribution in [2.24, 2.45) is 0 Å². The van der Waals surface area contributed by atoms with E-state index in [4.69, 9.17) is 5.11 Å². The van der Waals surface area contributed by atoms with Crippen LogP contribution in [0.25, 0.3) is 5.57 Å². The second-order valence-electron chi connectivity index (χ2n) is 5.26. The Bertz CT molecular complexity index is 444. The topological polar surface area (TPSA) is 57.5 Å². The minimum atomic E-state index is -1.13. The zero-order valence-electron chi connectivity index (χ0n) is 10.7. The van der Waals surface area contributed by atoms with E-state index in [1.54, 1.807) is 13.0 Å². The highest BCUT2D eigenvalue weighted by molar-refractivity contribution is 5.93. The van der Waals surface area contributed by atoms with Crippen LogP contribution in [0.3, 0.4) is 0 Å². The predicted octanol–water partition coefficient (Wildman–Crippen LogP) is 3.42. The molecule has 2 N–H and O–H groups in total. The van der Waals surface area contributed by atoms with Crippen LogP contribution >= 0.6 is 0 Å². The Morgan fingerprint density at radius 2 is 1.71 bits per heavy atom. The van der Waals surface area contributed by atoms with Crippen LogP contribution in [0.5, 0.6) is 5.75 Å². The van der Waals surface area contributed by atoms with Gasteiger partial charge < -0.3 is 10.2 Å². The van der Waals surface area contributed by atoms with Crippen molar-refractivity contribution in [1.29, 1.82) is 0 Å². The van der Waals surface area contributed by atoms with Gasteiger partial charge in [0.15, 0.2) is 0 Å². The lowest BCUT2D eigenvalue weighted by Gasteiger charge is -2.21. The number of benzene rings is 1. The van der Waals surface area contributed by atoms with Gasteiger partial charge in [-0.25, -0.2) is 4.79 Å². The zero-order chi connectivity index (χ0) is 13.4. The predicted molar refractivity (Wildman–Crippen MR) is 68.5 cm³/mol. The van der Waals surface area contributed by atoms with Gasteiger partial charge in [-0.15, -0.1) is 0 Å². The van der Waals surface area contributed by atoms with Gasteiger partial charge in [0.2, 0.25) is 0 Å². The summed E-state index contributed by atoms with van der Waals surface area (Å²) in [4.78, 5) is 11.1. The lowest BCUT2D eigenvalue weighted by molar-refractivity contribution is 0.0693. The summed E-state index contributed by atoms with van der Waals surface area (Å²) in [5.74, 6) is -1.34. The molecule has 0 aromatic heterocycles. The van der Waals surface area contributed by atoms with Gasteiger partial charge in [-0.1, -0.05) is 27.4 Å². The van der Waals surface area contributed by atoms with Gasteiger partial charge in [0, 0.05) is 5.56 Å². The normalized spacial score (nSPS) is 11.3. The molecule has 0 radical (unpaired) electrons. The molecule has 3 nitrogen and oxygen atoms in total. The first-order valence-electron chi connectivity index (χ1n) is 5.41. The molecule has 1 aromatic rings. The van der Waals surface area contributed by atoms with E-state index < -0.39 is 5.97 Å². The monoisotopic (exact) mass is 234 g/mol. The summed E-state index contributed by atoms with van der Waals surface area (Å²) in [5, 5.41) is 19.0. The van der Waals surface area contributed by atoms with E-state index in [1.165, 1.54) is 6.07 Å². The Morgan fingerprint density at radius 1 is 1.24 bits per heavy atom. The maximum absolute atomic E-state index is 11.1. The fourth-order valence-corrected chi connectivity index (χ4v) is 1.56. The largest absolute Gasteiger partial charge is 0.506 e. The standard InChI is InChI=1S/C14H18O3/c1-8(2)10-6-9(14(3,4)5)7-11(12(10)15)13(16)17/h6-7,15H,1H2,2-5H3,(H,16,17). The Morgan fingerprint density at radius 3 is 2.06 bits per heavy atom. The molecule has 0 aliphatic heterocycles. The van der Waals surface area contributed by atoms with Crippen LogP contribution in [0.1, 0.15) is 49.2 Å². The van der Waals surface area contributed by atoms with E-state index in [-0.39, 0.29) is 16.7 Å². The fourth-order valence-electron chi connectivity index (χ4n) is 1.56. The van der Waals surface area contributed by atoms with Gasteiger partial charge in [-0.2, -0.15) is 0 Å². The summed E-state index contributed by atoms with van der Waals surface area (Å²) < 4.78 is 0. The third-order valence-electron chi connectivity index (χ3n) is 2.67. The fraction of sp³-hybridized carbons (Fsp3) is 0.357. The molecule has 0 fully saturated rings. The second-order valence-corrected chi connectivity index (χ2v) is 5.26. The molecule has 1 rings (SSSR count). The van der Waals surface area contributed by atoms with Crippen molar-refractivity contribution in [3.63, 3.8) is 0 Å². The Hall–Kier alpha value is -1.77. The van der Waals surface area contributed by atoms with Gasteiger partial charge >= 0.3 is 5.97 Å². The first-order chi connectivity index (χ1) is 7.64. The van der Waals surface area contributed by atoms with Crippen molar-refractivity contribution in [2.45, 2.75) is 33.1 Å². The van der Waals surface area contributed by atoms with Crippen LogP contribution in [-0.4, -0.2) is 16.2 Å². The van der Waals surface area contributed by atoms with Crippen molar-refractivity contribution < 1.29 is 15.0 Å². The Balaban J connectivity index is 3.59. The molecule has 17 heavy (non-hydrogen) atoms. The highest BCUT2D eigenvalue weighted by Crippen LogP contribution is 2.34. The van der Waals surface area contributed by atoms with E-state index in [2.05, 4.69) is 6.58 Å². The van der Waals surface area contributed by atoms with Crippen molar-refractivity contribution in [3.05, 3.63) is 35.4 Å². The first kappa shape index (κ1) is 13.3. The SMILES string of the molecule is C=C(C)c1cc(C(C)(C)C)cc(C(=O)O)c1O. The number of hydrogen-bond donors (Lipinski definition) is 2. The van der Waals surface area contributed by atoms with Crippen LogP contribution < -0.4 is 0 Å². The average molecular weight is 234 g/mol. The highest BCUT2D eigenvalue weighted by Gasteiger charge is 2.21. The second kappa shape index (κ2) is 4.24. The highest BCUT2D eigenvalue weighted by atomic mass is 16.4. The number of aromatic hydroxyl groups is 1. The molecule has 92 valence electrons. The number of aromatic carboxylic acids is 1. The minimum Gasteiger partial charge on any atom is -0.506 e. The summed E-state index contributed by atoms with van der Waals surface area (Å²) in [7, 11) is 0. The third kappa shape index (κ3) is 2.67. The number of allylic oxidation sites excluding steroid dienone is 1. The molecule has 0 heterocycles. The summed E-state index contributed by atoms with van der Waals surface area (Å²) in [5.41, 5.74) is 1.76. The van der Waals surface area contributed by atoms with Gasteiger partial charge in [-0.05, 0) is 35.6 Å². The molecule has 0 atom stereocenters. The summed E-state index contributed by atoms with van der Waals surface area (Å²) in [6.07, 6.45) is 0. The van der Waals surface area contributed by atoms with E-state index >= 15 is 0 Å². The number of carbonyl (C=O) groups is 1. The average Bonchev–Trinajstić information content (AvgIpc) is 2.14. The van der Waals surface area contributed by atoms with E-state index in [0.717, 1.165) is 5.56 Å². The summed E-state index contributed by atoms with van der Waals surface area (Å²) in [6, 6.07) is 3.31. The van der Waals surface area contributed by atoms with E-state index in [0.29, 0.717) is 11.1 Å². The lowest BCUT2D eigenvalue weighted by atomic mass is 9.84. The summed E-state index contributed by atoms with van der Waals surface area (Å²) in [6.45, 7) is 11.5. The minimum absolute atomic E-state index is 0.0737. The molecule has 0 spiro atoms. The molecular formula is C14H18O3. The molecule has 0 amide bonds. The maximum atomic E-state index is 11.1. The molecule has 0 unspecified atom stereocenters. The smallest absolute Gasteiger partial charge is 0.339 e. The molecule has 1 aromatic carbocycles. The molecule has 0 saturated heterocycles. The van der Waals surface area contributed by atoms with Crippen molar-refractivity contribution >= 4 is 11.5 Å². The number of carboxylic acids is 1. The number of carboxylic acid groups (broad SMARTS) is 1. The van der Waals surface area contributed by atoms with Crippen LogP contribution in [0.4, 0.5) is 0 Å². The number of phenols is 1. The first-order valence-corrected chi connectivity index (χ1v) is 5.41. The third-order valence-corrected chi connectivity index (χ3v) is 2.67. The summed E-state index contributed by atoms with van der Waals surface area (Å²) >= 11 is 0. The van der Waals surface area contributed by atoms with E-state index in [9.17, 15) is 9.90 Å². The van der Waals surface area contributed by atoms with Gasteiger partial charge in [0.1, 0.15) is 11.3 Å². The molecule has 0 aliphatic carbocycles. The van der Waals surface area contributed by atoms with Crippen molar-refractivity contribution in [1.82, 2.24) is 0 Å². The molecule has 0 saturated carbocycles. The lowest BCUT2D eigenvalue weighted by Crippen LogP contribution is -2.13. The van der Waals surface area contributed by atoms with Gasteiger partial charge in [0.05, 0.1) is 0 Å². The van der Waals surface area contributed by atoms with Crippen LogP contribution in [-0.2, 0) is 5.41 Å². The Kier molecular flexibility index (Phi) is 3.32. The molecule has 3 heteroatoms. The quantitative estimate of drug-likeness (QED) is 0.824. The zero-order valence-corrected chi connectivity index (χ0v) is 10.7. The van der Waals surface area contributed by atoms with Crippen molar-refractivity contribution in [3.8, 4) is 5.75 Å². The van der Waals surface area contributed by atoms with Crippen molar-refractivity contribution in [2.75, 3.05) is 0 Å². The van der Waals surface area contributed by atoms with Gasteiger partial charge in [0.25, 0.3) is 0 Å². The Labute approximate surface area is 101 Å². The maximum Gasteiger partial charge on any atom is 0.339 e. The number of hydrogen-bond acceptors (Lipinski definition) is 2. The van der Waals surface area contributed by atoms with Crippen LogP contribution in [0, 0.1) is 0 Å². The molecular weight excluding hydrogens is 216 g/mol. The number of rotatable bonds is 2. The van der Waals surface area contributed by atoms with E-state index in [1.807, 2.05) is 20.8 Å². The van der Waals surface area contributed by atoms with Gasteiger partial charge in [-0.3, -0.25) is 0 Å². The van der Waals surface area contributed by atoms with Crippen LogP contribution in [0.15, 0.2) is 18.7 Å². The van der Waals surface area contributed by atoms with Crippen LogP contribution in [0.2, 0.25) is 0 Å². The molecule has 0 aliphatic rings. The molecule has 0 bridgehead atoms.